The molecule has 0 aliphatic heterocycles. The van der Waals surface area contributed by atoms with Gasteiger partial charge in [0, 0.05) is 29.3 Å². The van der Waals surface area contributed by atoms with Crippen molar-refractivity contribution in [1.29, 1.82) is 0 Å². The number of rotatable bonds is 6. The second-order valence-corrected chi connectivity index (χ2v) is 10.4. The third kappa shape index (κ3) is 5.69. The van der Waals surface area contributed by atoms with Crippen LogP contribution in [0.3, 0.4) is 0 Å². The molecule has 1 heterocycles. The number of nitrogens with one attached hydrogen (secondary N) is 2. The Morgan fingerprint density at radius 3 is 2.42 bits per heavy atom. The SMILES string of the molecule is CP(C)(=O)C1=CCC(Nc2ncc(C(F)(F)F)c(Nc3ccc([N+](=O)[O-])cc3)n2)C=C1. The van der Waals surface area contributed by atoms with Gasteiger partial charge < -0.3 is 15.2 Å². The maximum Gasteiger partial charge on any atom is 0.421 e. The van der Waals surface area contributed by atoms with Gasteiger partial charge in [0.25, 0.3) is 5.69 Å². The molecule has 1 aliphatic rings. The summed E-state index contributed by atoms with van der Waals surface area (Å²) in [5, 5.41) is 17.0. The Balaban J connectivity index is 1.82. The largest absolute Gasteiger partial charge is 0.421 e. The van der Waals surface area contributed by atoms with E-state index >= 15 is 0 Å². The van der Waals surface area contributed by atoms with Crippen molar-refractivity contribution in [1.82, 2.24) is 9.97 Å². The molecule has 31 heavy (non-hydrogen) atoms. The molecule has 0 bridgehead atoms. The molecule has 0 amide bonds. The number of hydrogen-bond donors (Lipinski definition) is 2. The van der Waals surface area contributed by atoms with Crippen LogP contribution in [0.5, 0.6) is 0 Å². The van der Waals surface area contributed by atoms with Crippen molar-refractivity contribution in [3.8, 4) is 0 Å². The van der Waals surface area contributed by atoms with Gasteiger partial charge in [-0.2, -0.15) is 18.2 Å². The molecule has 0 saturated heterocycles. The number of nitro groups is 1. The summed E-state index contributed by atoms with van der Waals surface area (Å²) in [7, 11) is -2.39. The van der Waals surface area contributed by atoms with E-state index < -0.39 is 29.6 Å². The minimum absolute atomic E-state index is 0.0277. The Kier molecular flexibility index (Phi) is 6.17. The summed E-state index contributed by atoms with van der Waals surface area (Å²) in [5.41, 5.74) is -1.06. The Hall–Kier alpha value is -3.20. The number of hydrogen-bond acceptors (Lipinski definition) is 7. The van der Waals surface area contributed by atoms with Crippen molar-refractivity contribution in [2.75, 3.05) is 24.0 Å². The molecule has 2 aromatic rings. The van der Waals surface area contributed by atoms with Gasteiger partial charge in [-0.15, -0.1) is 0 Å². The number of anilines is 3. The Bertz CT molecular complexity index is 1090. The highest BCUT2D eigenvalue weighted by atomic mass is 31.2. The summed E-state index contributed by atoms with van der Waals surface area (Å²) in [6, 6.07) is 4.65. The van der Waals surface area contributed by atoms with E-state index in [0.717, 1.165) is 5.31 Å². The zero-order chi connectivity index (χ0) is 22.8. The molecule has 0 saturated carbocycles. The summed E-state index contributed by atoms with van der Waals surface area (Å²) in [5.74, 6) is -0.512. The fraction of sp³-hybridized carbons (Fsp3) is 0.263. The van der Waals surface area contributed by atoms with E-state index in [-0.39, 0.29) is 23.4 Å². The lowest BCUT2D eigenvalue weighted by Crippen LogP contribution is -2.21. The third-order valence-electron chi connectivity index (χ3n) is 4.45. The maximum atomic E-state index is 13.4. The smallest absolute Gasteiger partial charge is 0.348 e. The van der Waals surface area contributed by atoms with Crippen molar-refractivity contribution >= 4 is 30.3 Å². The third-order valence-corrected chi connectivity index (χ3v) is 6.03. The molecule has 8 nitrogen and oxygen atoms in total. The number of benzene rings is 1. The van der Waals surface area contributed by atoms with Crippen LogP contribution in [0.1, 0.15) is 12.0 Å². The van der Waals surface area contributed by atoms with E-state index in [1.807, 2.05) is 6.08 Å². The molecular weight excluding hydrogens is 434 g/mol. The number of nitro benzene ring substituents is 1. The van der Waals surface area contributed by atoms with E-state index in [4.69, 9.17) is 0 Å². The summed E-state index contributed by atoms with van der Waals surface area (Å²) in [6.45, 7) is 3.32. The zero-order valence-corrected chi connectivity index (χ0v) is 17.4. The summed E-state index contributed by atoms with van der Waals surface area (Å²) in [6.07, 6.45) is 1.75. The van der Waals surface area contributed by atoms with E-state index in [9.17, 15) is 27.9 Å². The Morgan fingerprint density at radius 1 is 1.23 bits per heavy atom. The van der Waals surface area contributed by atoms with Crippen LogP contribution in [0, 0.1) is 10.1 Å². The lowest BCUT2D eigenvalue weighted by atomic mass is 10.1. The first-order valence-electron chi connectivity index (χ1n) is 9.09. The van der Waals surface area contributed by atoms with Crippen molar-refractivity contribution in [3.05, 3.63) is 69.7 Å². The standard InChI is InChI=1S/C19H19F3N5O3P/c1-31(2,30)15-9-5-13(6-10-15)25-18-23-11-16(19(20,21)22)17(26-18)24-12-3-7-14(8-4-12)27(28)29/h3-5,7-11,13H,6H2,1-2H3,(H2,23,24,25,26). The number of non-ortho nitro benzene ring substituents is 1. The van der Waals surface area contributed by atoms with Gasteiger partial charge in [0.15, 0.2) is 0 Å². The van der Waals surface area contributed by atoms with Gasteiger partial charge in [-0.05, 0) is 31.9 Å². The second-order valence-electron chi connectivity index (χ2n) is 7.21. The topological polar surface area (TPSA) is 110 Å². The first-order valence-corrected chi connectivity index (χ1v) is 11.7. The van der Waals surface area contributed by atoms with Crippen LogP contribution in [0.15, 0.2) is 54.0 Å². The van der Waals surface area contributed by atoms with Crippen LogP contribution >= 0.6 is 7.14 Å². The van der Waals surface area contributed by atoms with Gasteiger partial charge >= 0.3 is 6.18 Å². The monoisotopic (exact) mass is 453 g/mol. The highest BCUT2D eigenvalue weighted by molar-refractivity contribution is 7.66. The molecular formula is C19H19F3N5O3P. The average Bonchev–Trinajstić information content (AvgIpc) is 2.67. The van der Waals surface area contributed by atoms with Crippen LogP contribution in [-0.4, -0.2) is 34.3 Å². The fourth-order valence-electron chi connectivity index (χ4n) is 2.84. The molecule has 1 atom stereocenters. The first-order chi connectivity index (χ1) is 14.4. The number of allylic oxidation sites excluding steroid dienone is 2. The van der Waals surface area contributed by atoms with Crippen molar-refractivity contribution in [2.24, 2.45) is 0 Å². The molecule has 12 heteroatoms. The van der Waals surface area contributed by atoms with Crippen LogP contribution in [-0.2, 0) is 10.7 Å². The van der Waals surface area contributed by atoms with Crippen LogP contribution in [0.25, 0.3) is 0 Å². The Labute approximate surface area is 175 Å². The summed E-state index contributed by atoms with van der Waals surface area (Å²) < 4.78 is 52.3. The second kappa shape index (κ2) is 8.50. The maximum absolute atomic E-state index is 13.4. The van der Waals surface area contributed by atoms with Crippen molar-refractivity contribution in [2.45, 2.75) is 18.6 Å². The molecule has 0 spiro atoms. The predicted molar refractivity (Wildman–Crippen MR) is 112 cm³/mol. The minimum Gasteiger partial charge on any atom is -0.348 e. The van der Waals surface area contributed by atoms with Crippen molar-refractivity contribution < 1.29 is 22.7 Å². The van der Waals surface area contributed by atoms with Gasteiger partial charge in [0.2, 0.25) is 5.95 Å². The minimum atomic E-state index is -4.70. The summed E-state index contributed by atoms with van der Waals surface area (Å²) >= 11 is 0. The molecule has 1 aromatic carbocycles. The fourth-order valence-corrected chi connectivity index (χ4v) is 3.83. The molecule has 1 unspecified atom stereocenters. The van der Waals surface area contributed by atoms with E-state index in [1.165, 1.54) is 24.3 Å². The molecule has 1 aliphatic carbocycles. The van der Waals surface area contributed by atoms with Gasteiger partial charge in [0.1, 0.15) is 18.5 Å². The van der Waals surface area contributed by atoms with Gasteiger partial charge in [-0.3, -0.25) is 10.1 Å². The highest BCUT2D eigenvalue weighted by Gasteiger charge is 2.35. The lowest BCUT2D eigenvalue weighted by molar-refractivity contribution is -0.384. The predicted octanol–water partition coefficient (Wildman–Crippen LogP) is 5.39. The van der Waals surface area contributed by atoms with Gasteiger partial charge in [-0.25, -0.2) is 4.98 Å². The molecule has 164 valence electrons. The highest BCUT2D eigenvalue weighted by Crippen LogP contribution is 2.48. The number of aromatic nitrogens is 2. The van der Waals surface area contributed by atoms with Crippen LogP contribution < -0.4 is 10.6 Å². The van der Waals surface area contributed by atoms with Gasteiger partial charge in [0.05, 0.1) is 11.0 Å². The van der Waals surface area contributed by atoms with Gasteiger partial charge in [-0.1, -0.05) is 18.2 Å². The molecule has 1 aromatic heterocycles. The van der Waals surface area contributed by atoms with Crippen LogP contribution in [0.4, 0.5) is 36.3 Å². The van der Waals surface area contributed by atoms with Crippen molar-refractivity contribution in [3.63, 3.8) is 0 Å². The summed E-state index contributed by atoms with van der Waals surface area (Å²) in [4.78, 5) is 17.9. The van der Waals surface area contributed by atoms with E-state index in [1.54, 1.807) is 25.5 Å². The lowest BCUT2D eigenvalue weighted by Gasteiger charge is -2.20. The van der Waals surface area contributed by atoms with E-state index in [2.05, 4.69) is 20.6 Å². The average molecular weight is 453 g/mol. The molecule has 3 rings (SSSR count). The number of nitrogens with zero attached hydrogens (tertiary/aromatic N) is 3. The van der Waals surface area contributed by atoms with E-state index in [0.29, 0.717) is 12.6 Å². The molecule has 2 N–H and O–H groups in total. The normalized spacial score (nSPS) is 16.5. The first kappa shape index (κ1) is 22.5. The Morgan fingerprint density at radius 2 is 1.90 bits per heavy atom. The quantitative estimate of drug-likeness (QED) is 0.343. The number of halogens is 3. The molecule has 0 radical (unpaired) electrons. The zero-order valence-electron chi connectivity index (χ0n) is 16.6. The number of alkyl halides is 3. The molecule has 0 fully saturated rings. The van der Waals surface area contributed by atoms with Crippen LogP contribution in [0.2, 0.25) is 0 Å².